The summed E-state index contributed by atoms with van der Waals surface area (Å²) in [5, 5.41) is 13.4. The van der Waals surface area contributed by atoms with Crippen molar-refractivity contribution < 1.29 is 5.11 Å². The molecule has 118 valence electrons. The van der Waals surface area contributed by atoms with Gasteiger partial charge in [0.25, 0.3) is 0 Å². The molecule has 1 aliphatic rings. The summed E-state index contributed by atoms with van der Waals surface area (Å²) in [5.74, 6) is 0.383. The summed E-state index contributed by atoms with van der Waals surface area (Å²) in [6.07, 6.45) is 3.53. The van der Waals surface area contributed by atoms with Crippen molar-refractivity contribution in [3.8, 4) is 5.75 Å². The standard InChI is InChI=1S/C18H30N2O/c1-13(2)20(14(3)4)11-10-19-18-7-5-6-15-8-9-16(21)12-17(15)18/h8-9,12-14,18-19,21H,5-7,10-11H2,1-4H3. The summed E-state index contributed by atoms with van der Waals surface area (Å²) in [6, 6.07) is 7.37. The van der Waals surface area contributed by atoms with E-state index in [1.54, 1.807) is 6.07 Å². The predicted molar refractivity (Wildman–Crippen MR) is 88.8 cm³/mol. The molecule has 1 aromatic rings. The zero-order valence-electron chi connectivity index (χ0n) is 13.9. The fraction of sp³-hybridized carbons (Fsp3) is 0.667. The summed E-state index contributed by atoms with van der Waals surface area (Å²) in [6.45, 7) is 11.1. The average Bonchev–Trinajstić information content (AvgIpc) is 2.42. The summed E-state index contributed by atoms with van der Waals surface area (Å²) in [4.78, 5) is 2.51. The van der Waals surface area contributed by atoms with Crippen LogP contribution in [0.2, 0.25) is 0 Å². The zero-order chi connectivity index (χ0) is 15.4. The minimum absolute atomic E-state index is 0.383. The Morgan fingerprint density at radius 3 is 2.62 bits per heavy atom. The topological polar surface area (TPSA) is 35.5 Å². The van der Waals surface area contributed by atoms with E-state index in [-0.39, 0.29) is 0 Å². The van der Waals surface area contributed by atoms with Gasteiger partial charge in [0.1, 0.15) is 5.75 Å². The van der Waals surface area contributed by atoms with E-state index in [4.69, 9.17) is 0 Å². The zero-order valence-corrected chi connectivity index (χ0v) is 13.9. The fourth-order valence-electron chi connectivity index (χ4n) is 3.48. The van der Waals surface area contributed by atoms with Crippen LogP contribution in [0, 0.1) is 0 Å². The molecular formula is C18H30N2O. The van der Waals surface area contributed by atoms with E-state index in [0.29, 0.717) is 23.9 Å². The molecule has 0 fully saturated rings. The van der Waals surface area contributed by atoms with Crippen LogP contribution in [0.15, 0.2) is 18.2 Å². The molecule has 0 bridgehead atoms. The second kappa shape index (κ2) is 7.28. The predicted octanol–water partition coefficient (Wildman–Crippen LogP) is 3.48. The Bertz CT molecular complexity index is 449. The van der Waals surface area contributed by atoms with Gasteiger partial charge in [0, 0.05) is 31.2 Å². The van der Waals surface area contributed by atoms with Gasteiger partial charge in [-0.05, 0) is 70.2 Å². The average molecular weight is 290 g/mol. The molecule has 3 heteroatoms. The first-order chi connectivity index (χ1) is 9.99. The molecule has 2 N–H and O–H groups in total. The highest BCUT2D eigenvalue weighted by Crippen LogP contribution is 2.31. The molecule has 1 aromatic carbocycles. The second-order valence-electron chi connectivity index (χ2n) is 6.71. The van der Waals surface area contributed by atoms with Crippen LogP contribution in [0.4, 0.5) is 0 Å². The number of rotatable bonds is 6. The lowest BCUT2D eigenvalue weighted by Gasteiger charge is -2.32. The molecule has 0 radical (unpaired) electrons. The number of fused-ring (bicyclic) bond motifs is 1. The van der Waals surface area contributed by atoms with Gasteiger partial charge in [-0.1, -0.05) is 6.07 Å². The van der Waals surface area contributed by atoms with Gasteiger partial charge in [-0.15, -0.1) is 0 Å². The lowest BCUT2D eigenvalue weighted by Crippen LogP contribution is -2.42. The normalized spacial score (nSPS) is 18.5. The minimum atomic E-state index is 0.383. The van der Waals surface area contributed by atoms with Gasteiger partial charge in [-0.3, -0.25) is 4.90 Å². The Balaban J connectivity index is 1.94. The van der Waals surface area contributed by atoms with Crippen LogP contribution in [0.1, 0.15) is 57.7 Å². The minimum Gasteiger partial charge on any atom is -0.508 e. The van der Waals surface area contributed by atoms with Crippen molar-refractivity contribution in [2.75, 3.05) is 13.1 Å². The van der Waals surface area contributed by atoms with Crippen LogP contribution in [0.5, 0.6) is 5.75 Å². The van der Waals surface area contributed by atoms with Gasteiger partial charge in [-0.2, -0.15) is 0 Å². The van der Waals surface area contributed by atoms with Gasteiger partial charge in [-0.25, -0.2) is 0 Å². The number of nitrogens with one attached hydrogen (secondary N) is 1. The highest BCUT2D eigenvalue weighted by Gasteiger charge is 2.21. The molecule has 2 rings (SSSR count). The molecule has 0 spiro atoms. The SMILES string of the molecule is CC(C)N(CCNC1CCCc2ccc(O)cc21)C(C)C. The largest absolute Gasteiger partial charge is 0.508 e. The van der Waals surface area contributed by atoms with Crippen molar-refractivity contribution >= 4 is 0 Å². The van der Waals surface area contributed by atoms with E-state index in [1.165, 1.54) is 24.0 Å². The number of phenols is 1. The van der Waals surface area contributed by atoms with E-state index < -0.39 is 0 Å². The molecule has 0 saturated carbocycles. The van der Waals surface area contributed by atoms with E-state index in [0.717, 1.165) is 19.5 Å². The van der Waals surface area contributed by atoms with E-state index in [1.807, 2.05) is 6.07 Å². The lowest BCUT2D eigenvalue weighted by molar-refractivity contribution is 0.173. The van der Waals surface area contributed by atoms with Crippen LogP contribution in [0.3, 0.4) is 0 Å². The quantitative estimate of drug-likeness (QED) is 0.842. The number of hydrogen-bond donors (Lipinski definition) is 2. The molecule has 0 aliphatic heterocycles. The fourth-order valence-corrected chi connectivity index (χ4v) is 3.48. The first-order valence-electron chi connectivity index (χ1n) is 8.30. The molecule has 1 atom stereocenters. The monoisotopic (exact) mass is 290 g/mol. The van der Waals surface area contributed by atoms with Crippen LogP contribution >= 0.6 is 0 Å². The third-order valence-corrected chi connectivity index (χ3v) is 4.53. The lowest BCUT2D eigenvalue weighted by atomic mass is 9.87. The Morgan fingerprint density at radius 2 is 1.95 bits per heavy atom. The number of nitrogens with zero attached hydrogens (tertiary/aromatic N) is 1. The smallest absolute Gasteiger partial charge is 0.115 e. The third kappa shape index (κ3) is 4.21. The van der Waals surface area contributed by atoms with Crippen molar-refractivity contribution in [3.05, 3.63) is 29.3 Å². The maximum Gasteiger partial charge on any atom is 0.115 e. The molecular weight excluding hydrogens is 260 g/mol. The highest BCUT2D eigenvalue weighted by atomic mass is 16.3. The molecule has 0 amide bonds. The summed E-state index contributed by atoms with van der Waals surface area (Å²) in [5.41, 5.74) is 2.68. The van der Waals surface area contributed by atoms with Gasteiger partial charge in [0.05, 0.1) is 0 Å². The highest BCUT2D eigenvalue weighted by molar-refractivity contribution is 5.38. The Labute approximate surface area is 129 Å². The molecule has 3 nitrogen and oxygen atoms in total. The molecule has 0 aromatic heterocycles. The van der Waals surface area contributed by atoms with Crippen LogP contribution in [-0.4, -0.2) is 35.2 Å². The number of hydrogen-bond acceptors (Lipinski definition) is 3. The second-order valence-corrected chi connectivity index (χ2v) is 6.71. The molecule has 1 aliphatic carbocycles. The van der Waals surface area contributed by atoms with Gasteiger partial charge in [0.15, 0.2) is 0 Å². The van der Waals surface area contributed by atoms with Gasteiger partial charge < -0.3 is 10.4 Å². The van der Waals surface area contributed by atoms with Gasteiger partial charge in [0.2, 0.25) is 0 Å². The van der Waals surface area contributed by atoms with Crippen LogP contribution in [0.25, 0.3) is 0 Å². The Kier molecular flexibility index (Phi) is 5.65. The third-order valence-electron chi connectivity index (χ3n) is 4.53. The summed E-state index contributed by atoms with van der Waals surface area (Å²) >= 11 is 0. The van der Waals surface area contributed by atoms with Crippen LogP contribution < -0.4 is 5.32 Å². The molecule has 0 saturated heterocycles. The van der Waals surface area contributed by atoms with Crippen molar-refractivity contribution in [2.45, 2.75) is 65.1 Å². The first kappa shape index (κ1) is 16.3. The van der Waals surface area contributed by atoms with Crippen molar-refractivity contribution in [1.29, 1.82) is 0 Å². The van der Waals surface area contributed by atoms with Gasteiger partial charge >= 0.3 is 0 Å². The van der Waals surface area contributed by atoms with Crippen LogP contribution in [-0.2, 0) is 6.42 Å². The number of benzene rings is 1. The first-order valence-corrected chi connectivity index (χ1v) is 8.30. The van der Waals surface area contributed by atoms with Crippen molar-refractivity contribution in [1.82, 2.24) is 10.2 Å². The van der Waals surface area contributed by atoms with E-state index in [9.17, 15) is 5.11 Å². The molecule has 1 unspecified atom stereocenters. The Hall–Kier alpha value is -1.06. The summed E-state index contributed by atoms with van der Waals surface area (Å²) in [7, 11) is 0. The van der Waals surface area contributed by atoms with E-state index in [2.05, 4.69) is 44.0 Å². The van der Waals surface area contributed by atoms with Crippen molar-refractivity contribution in [3.63, 3.8) is 0 Å². The number of aromatic hydroxyl groups is 1. The Morgan fingerprint density at radius 1 is 1.24 bits per heavy atom. The summed E-state index contributed by atoms with van der Waals surface area (Å²) < 4.78 is 0. The van der Waals surface area contributed by atoms with Crippen molar-refractivity contribution in [2.24, 2.45) is 0 Å². The molecule has 0 heterocycles. The van der Waals surface area contributed by atoms with E-state index >= 15 is 0 Å². The number of phenolic OH excluding ortho intramolecular Hbond substituents is 1. The number of aryl methyl sites for hydroxylation is 1. The molecule has 21 heavy (non-hydrogen) atoms. The maximum atomic E-state index is 9.73. The maximum absolute atomic E-state index is 9.73.